The van der Waals surface area contributed by atoms with Crippen LogP contribution in [0.3, 0.4) is 0 Å². The van der Waals surface area contributed by atoms with E-state index in [-0.39, 0.29) is 41.2 Å². The van der Waals surface area contributed by atoms with Gasteiger partial charge in [0.1, 0.15) is 22.2 Å². The molecule has 4 rings (SSSR count). The molecule has 1 aliphatic heterocycles. The van der Waals surface area contributed by atoms with Gasteiger partial charge in [-0.25, -0.2) is 12.8 Å². The zero-order valence-corrected chi connectivity index (χ0v) is 19.2. The van der Waals surface area contributed by atoms with Crippen molar-refractivity contribution in [3.05, 3.63) is 71.2 Å². The Morgan fingerprint density at radius 1 is 1.09 bits per heavy atom. The lowest BCUT2D eigenvalue weighted by Crippen LogP contribution is -2.40. The first-order chi connectivity index (χ1) is 15.8. The van der Waals surface area contributed by atoms with Gasteiger partial charge >= 0.3 is 0 Å². The Morgan fingerprint density at radius 2 is 1.85 bits per heavy atom. The van der Waals surface area contributed by atoms with Crippen LogP contribution in [0.1, 0.15) is 12.2 Å². The van der Waals surface area contributed by atoms with Crippen LogP contribution in [0.4, 0.5) is 10.1 Å². The van der Waals surface area contributed by atoms with E-state index in [1.54, 1.807) is 36.4 Å². The van der Waals surface area contributed by atoms with Crippen molar-refractivity contribution in [1.29, 1.82) is 0 Å². The number of ether oxygens (including phenoxy) is 1. The van der Waals surface area contributed by atoms with Gasteiger partial charge in [-0.15, -0.1) is 0 Å². The number of furan rings is 1. The second-order valence-corrected chi connectivity index (χ2v) is 9.77. The van der Waals surface area contributed by atoms with E-state index in [1.165, 1.54) is 22.5 Å². The van der Waals surface area contributed by atoms with Gasteiger partial charge in [0.15, 0.2) is 0 Å². The number of benzene rings is 2. The second-order valence-electron chi connectivity index (χ2n) is 7.46. The van der Waals surface area contributed by atoms with Gasteiger partial charge in [0, 0.05) is 31.6 Å². The molecule has 1 saturated heterocycles. The minimum Gasteiger partial charge on any atom is -0.461 e. The Balaban J connectivity index is 1.40. The SMILES string of the molecule is O=C(CCc1ccc(-c2ccccc2F)o1)Nc1ccc(Cl)c(S(=O)(=O)N2CCOCC2)c1. The van der Waals surface area contributed by atoms with Crippen molar-refractivity contribution < 1.29 is 26.8 Å². The number of morpholine rings is 1. The molecule has 3 aromatic rings. The Morgan fingerprint density at radius 3 is 2.61 bits per heavy atom. The van der Waals surface area contributed by atoms with E-state index in [1.807, 2.05) is 0 Å². The summed E-state index contributed by atoms with van der Waals surface area (Å²) in [5.74, 6) is 0.215. The van der Waals surface area contributed by atoms with Gasteiger partial charge in [-0.1, -0.05) is 23.7 Å². The molecule has 1 aliphatic rings. The van der Waals surface area contributed by atoms with E-state index in [0.717, 1.165) is 0 Å². The molecule has 33 heavy (non-hydrogen) atoms. The molecular formula is C23H22ClFN2O5S. The minimum atomic E-state index is -3.81. The van der Waals surface area contributed by atoms with Crippen LogP contribution < -0.4 is 5.32 Å². The number of sulfonamides is 1. The van der Waals surface area contributed by atoms with Crippen LogP contribution in [0.5, 0.6) is 0 Å². The van der Waals surface area contributed by atoms with Crippen LogP contribution in [0.25, 0.3) is 11.3 Å². The van der Waals surface area contributed by atoms with Gasteiger partial charge in [0.2, 0.25) is 15.9 Å². The van der Waals surface area contributed by atoms with Crippen molar-refractivity contribution >= 4 is 33.2 Å². The van der Waals surface area contributed by atoms with Crippen LogP contribution >= 0.6 is 11.6 Å². The molecule has 1 fully saturated rings. The van der Waals surface area contributed by atoms with Gasteiger partial charge in [-0.2, -0.15) is 4.31 Å². The molecule has 10 heteroatoms. The Labute approximate surface area is 196 Å². The first-order valence-corrected chi connectivity index (χ1v) is 12.2. The van der Waals surface area contributed by atoms with E-state index in [9.17, 15) is 17.6 Å². The summed E-state index contributed by atoms with van der Waals surface area (Å²) in [6.45, 7) is 1.12. The number of rotatable bonds is 7. The predicted molar refractivity (Wildman–Crippen MR) is 122 cm³/mol. The molecule has 1 N–H and O–H groups in total. The van der Waals surface area contributed by atoms with Gasteiger partial charge in [0.05, 0.1) is 23.8 Å². The van der Waals surface area contributed by atoms with Crippen molar-refractivity contribution in [2.45, 2.75) is 17.7 Å². The zero-order chi connectivity index (χ0) is 23.4. The molecule has 0 unspecified atom stereocenters. The number of halogens is 2. The fraction of sp³-hybridized carbons (Fsp3) is 0.261. The van der Waals surface area contributed by atoms with Crippen LogP contribution in [0, 0.1) is 5.82 Å². The third-order valence-electron chi connectivity index (χ3n) is 5.20. The number of hydrogen-bond acceptors (Lipinski definition) is 5. The predicted octanol–water partition coefficient (Wildman–Crippen LogP) is 4.33. The van der Waals surface area contributed by atoms with Gasteiger partial charge in [-0.3, -0.25) is 4.79 Å². The number of nitrogens with one attached hydrogen (secondary N) is 1. The quantitative estimate of drug-likeness (QED) is 0.530. The van der Waals surface area contributed by atoms with E-state index in [0.29, 0.717) is 42.4 Å². The normalized spacial score (nSPS) is 14.8. The summed E-state index contributed by atoms with van der Waals surface area (Å²) in [6.07, 6.45) is 0.394. The zero-order valence-electron chi connectivity index (χ0n) is 17.6. The average molecular weight is 493 g/mol. The highest BCUT2D eigenvalue weighted by Crippen LogP contribution is 2.29. The number of carbonyl (C=O) groups excluding carboxylic acids is 1. The third-order valence-corrected chi connectivity index (χ3v) is 7.58. The molecule has 0 radical (unpaired) electrons. The summed E-state index contributed by atoms with van der Waals surface area (Å²) >= 11 is 6.15. The fourth-order valence-electron chi connectivity index (χ4n) is 3.48. The summed E-state index contributed by atoms with van der Waals surface area (Å²) in [7, 11) is -3.81. The summed E-state index contributed by atoms with van der Waals surface area (Å²) in [4.78, 5) is 12.4. The lowest BCUT2D eigenvalue weighted by molar-refractivity contribution is -0.116. The van der Waals surface area contributed by atoms with E-state index >= 15 is 0 Å². The molecule has 0 aliphatic carbocycles. The number of carbonyl (C=O) groups is 1. The number of nitrogens with zero attached hydrogens (tertiary/aromatic N) is 1. The maximum Gasteiger partial charge on any atom is 0.244 e. The monoisotopic (exact) mass is 492 g/mol. The topological polar surface area (TPSA) is 88.8 Å². The maximum atomic E-state index is 13.9. The summed E-state index contributed by atoms with van der Waals surface area (Å²) < 4.78 is 52.0. The lowest BCUT2D eigenvalue weighted by Gasteiger charge is -2.26. The molecule has 0 atom stereocenters. The van der Waals surface area contributed by atoms with Crippen LogP contribution in [-0.4, -0.2) is 44.9 Å². The molecule has 1 aromatic heterocycles. The Kier molecular flexibility index (Phi) is 7.14. The third kappa shape index (κ3) is 5.44. The highest BCUT2D eigenvalue weighted by Gasteiger charge is 2.28. The molecule has 174 valence electrons. The van der Waals surface area contributed by atoms with Crippen molar-refractivity contribution in [3.8, 4) is 11.3 Å². The Hall–Kier alpha value is -2.72. The summed E-state index contributed by atoms with van der Waals surface area (Å²) in [5, 5.41) is 2.77. The second kappa shape index (κ2) is 10.0. The number of amides is 1. The summed E-state index contributed by atoms with van der Waals surface area (Å²) in [6, 6.07) is 14.0. The van der Waals surface area contributed by atoms with E-state index in [2.05, 4.69) is 5.32 Å². The van der Waals surface area contributed by atoms with Gasteiger partial charge in [0.25, 0.3) is 0 Å². The van der Waals surface area contributed by atoms with Crippen LogP contribution in [-0.2, 0) is 26.0 Å². The van der Waals surface area contributed by atoms with Crippen LogP contribution in [0.15, 0.2) is 63.9 Å². The first kappa shape index (κ1) is 23.4. The molecule has 0 bridgehead atoms. The molecule has 2 heterocycles. The molecular weight excluding hydrogens is 471 g/mol. The highest BCUT2D eigenvalue weighted by atomic mass is 35.5. The maximum absolute atomic E-state index is 13.9. The van der Waals surface area contributed by atoms with Crippen molar-refractivity contribution in [3.63, 3.8) is 0 Å². The highest BCUT2D eigenvalue weighted by molar-refractivity contribution is 7.89. The molecule has 1 amide bonds. The number of anilines is 1. The Bertz CT molecular complexity index is 1260. The van der Waals surface area contributed by atoms with Crippen molar-refractivity contribution in [2.75, 3.05) is 31.6 Å². The van der Waals surface area contributed by atoms with Gasteiger partial charge < -0.3 is 14.5 Å². The fourth-order valence-corrected chi connectivity index (χ4v) is 5.39. The molecule has 2 aromatic carbocycles. The standard InChI is InChI=1S/C23H22ClFN2O5S/c24-19-8-5-16(15-22(19)33(29,30)27-11-13-31-14-12-27)26-23(28)10-7-17-6-9-21(32-17)18-3-1-2-4-20(18)25/h1-6,8-9,15H,7,10-14H2,(H,26,28). The largest absolute Gasteiger partial charge is 0.461 e. The summed E-state index contributed by atoms with van der Waals surface area (Å²) in [5.41, 5.74) is 0.672. The number of hydrogen-bond donors (Lipinski definition) is 1. The van der Waals surface area contributed by atoms with Crippen molar-refractivity contribution in [2.24, 2.45) is 0 Å². The van der Waals surface area contributed by atoms with Gasteiger partial charge in [-0.05, 0) is 42.5 Å². The first-order valence-electron chi connectivity index (χ1n) is 10.4. The average Bonchev–Trinajstić information content (AvgIpc) is 3.28. The van der Waals surface area contributed by atoms with Crippen LogP contribution in [0.2, 0.25) is 5.02 Å². The number of aryl methyl sites for hydroxylation is 1. The minimum absolute atomic E-state index is 0.0653. The lowest BCUT2D eigenvalue weighted by atomic mass is 10.1. The smallest absolute Gasteiger partial charge is 0.244 e. The molecule has 0 saturated carbocycles. The van der Waals surface area contributed by atoms with Crippen molar-refractivity contribution in [1.82, 2.24) is 4.31 Å². The van der Waals surface area contributed by atoms with E-state index in [4.69, 9.17) is 20.8 Å². The molecule has 7 nitrogen and oxygen atoms in total. The molecule has 0 spiro atoms. The van der Waals surface area contributed by atoms with E-state index < -0.39 is 10.0 Å².